The molecule has 2 rings (SSSR count). The molecule has 1 aromatic carbocycles. The van der Waals surface area contributed by atoms with Crippen LogP contribution in [-0.2, 0) is 0 Å². The molecular formula is C15H20N2O. The van der Waals surface area contributed by atoms with Gasteiger partial charge in [-0.15, -0.1) is 0 Å². The van der Waals surface area contributed by atoms with E-state index in [0.29, 0.717) is 0 Å². The van der Waals surface area contributed by atoms with Crippen LogP contribution in [0.4, 0.5) is 0 Å². The van der Waals surface area contributed by atoms with Crippen molar-refractivity contribution in [2.75, 3.05) is 0 Å². The summed E-state index contributed by atoms with van der Waals surface area (Å²) in [5, 5.41) is 13.9. The first-order chi connectivity index (χ1) is 8.77. The van der Waals surface area contributed by atoms with Crippen molar-refractivity contribution in [3.8, 4) is 0 Å². The lowest BCUT2D eigenvalue weighted by Gasteiger charge is -2.04. The maximum Gasteiger partial charge on any atom is 0.0891 e. The van der Waals surface area contributed by atoms with Crippen molar-refractivity contribution in [1.29, 1.82) is 0 Å². The van der Waals surface area contributed by atoms with Gasteiger partial charge in [0, 0.05) is 22.2 Å². The number of hydrogen-bond acceptors (Lipinski definition) is 2. The molecule has 2 N–H and O–H groups in total. The number of fused-ring (bicyclic) bond motifs is 1. The van der Waals surface area contributed by atoms with Crippen molar-refractivity contribution < 1.29 is 5.21 Å². The molecule has 18 heavy (non-hydrogen) atoms. The highest BCUT2D eigenvalue weighted by Gasteiger charge is 2.14. The summed E-state index contributed by atoms with van der Waals surface area (Å²) in [4.78, 5) is 3.34. The summed E-state index contributed by atoms with van der Waals surface area (Å²) in [6.07, 6.45) is 4.23. The molecule has 2 aromatic rings. The summed E-state index contributed by atoms with van der Waals surface area (Å²) >= 11 is 0. The van der Waals surface area contributed by atoms with E-state index in [9.17, 15) is 5.21 Å². The third-order valence-corrected chi connectivity index (χ3v) is 3.32. The van der Waals surface area contributed by atoms with Crippen LogP contribution in [0.3, 0.4) is 0 Å². The van der Waals surface area contributed by atoms with Crippen LogP contribution in [0, 0.1) is 6.92 Å². The van der Waals surface area contributed by atoms with E-state index in [2.05, 4.69) is 23.1 Å². The molecule has 0 bridgehead atoms. The Morgan fingerprint density at radius 1 is 1.28 bits per heavy atom. The van der Waals surface area contributed by atoms with E-state index in [1.165, 1.54) is 12.8 Å². The van der Waals surface area contributed by atoms with Gasteiger partial charge in [-0.2, -0.15) is 0 Å². The summed E-state index contributed by atoms with van der Waals surface area (Å²) in [6, 6.07) is 8.14. The number of H-pyrrole nitrogens is 1. The number of aromatic amines is 1. The molecule has 0 saturated carbocycles. The number of para-hydroxylation sites is 1. The highest BCUT2D eigenvalue weighted by Crippen LogP contribution is 2.24. The van der Waals surface area contributed by atoms with Crippen molar-refractivity contribution in [2.45, 2.75) is 39.5 Å². The average Bonchev–Trinajstić information content (AvgIpc) is 2.71. The molecule has 0 atom stereocenters. The Bertz CT molecular complexity index is 555. The number of unbranched alkanes of at least 4 members (excludes halogenated alkanes) is 2. The second-order valence-electron chi connectivity index (χ2n) is 4.67. The summed E-state index contributed by atoms with van der Waals surface area (Å²) in [5.74, 6) is 0. The van der Waals surface area contributed by atoms with Gasteiger partial charge in [-0.1, -0.05) is 43.1 Å². The van der Waals surface area contributed by atoms with Crippen molar-refractivity contribution in [2.24, 2.45) is 5.16 Å². The van der Waals surface area contributed by atoms with E-state index in [0.717, 1.165) is 40.7 Å². The molecule has 1 heterocycles. The first-order valence-electron chi connectivity index (χ1n) is 6.56. The van der Waals surface area contributed by atoms with Crippen molar-refractivity contribution in [3.05, 3.63) is 35.5 Å². The van der Waals surface area contributed by atoms with Crippen LogP contribution in [-0.4, -0.2) is 15.9 Å². The molecule has 96 valence electrons. The maximum absolute atomic E-state index is 9.26. The van der Waals surface area contributed by atoms with Gasteiger partial charge in [0.05, 0.1) is 5.71 Å². The van der Waals surface area contributed by atoms with E-state index in [-0.39, 0.29) is 0 Å². The first-order valence-corrected chi connectivity index (χ1v) is 6.56. The van der Waals surface area contributed by atoms with E-state index < -0.39 is 0 Å². The highest BCUT2D eigenvalue weighted by atomic mass is 16.4. The second-order valence-corrected chi connectivity index (χ2v) is 4.67. The lowest BCUT2D eigenvalue weighted by Crippen LogP contribution is -2.02. The average molecular weight is 244 g/mol. The number of nitrogens with zero attached hydrogens (tertiary/aromatic N) is 1. The van der Waals surface area contributed by atoms with Crippen LogP contribution in [0.1, 0.15) is 43.9 Å². The molecule has 1 aromatic heterocycles. The van der Waals surface area contributed by atoms with Crippen LogP contribution in [0.2, 0.25) is 0 Å². The van der Waals surface area contributed by atoms with Crippen LogP contribution in [0.25, 0.3) is 10.9 Å². The number of rotatable bonds is 5. The predicted octanol–water partition coefficient (Wildman–Crippen LogP) is 4.23. The Morgan fingerprint density at radius 3 is 2.78 bits per heavy atom. The molecule has 0 radical (unpaired) electrons. The summed E-state index contributed by atoms with van der Waals surface area (Å²) in [7, 11) is 0. The lowest BCUT2D eigenvalue weighted by molar-refractivity contribution is 0.317. The van der Waals surface area contributed by atoms with E-state index >= 15 is 0 Å². The van der Waals surface area contributed by atoms with E-state index in [4.69, 9.17) is 0 Å². The van der Waals surface area contributed by atoms with Crippen LogP contribution >= 0.6 is 0 Å². The molecule has 0 fully saturated rings. The molecule has 0 saturated heterocycles. The first kappa shape index (κ1) is 12.7. The predicted molar refractivity (Wildman–Crippen MR) is 75.5 cm³/mol. The van der Waals surface area contributed by atoms with E-state index in [1.807, 2.05) is 25.1 Å². The molecular weight excluding hydrogens is 224 g/mol. The van der Waals surface area contributed by atoms with Crippen LogP contribution in [0.5, 0.6) is 0 Å². The number of nitrogens with one attached hydrogen (secondary N) is 1. The van der Waals surface area contributed by atoms with Gasteiger partial charge in [-0.05, 0) is 25.8 Å². The quantitative estimate of drug-likeness (QED) is 0.351. The Balaban J connectivity index is 2.36. The number of hydrogen-bond donors (Lipinski definition) is 2. The molecule has 0 aliphatic carbocycles. The van der Waals surface area contributed by atoms with Gasteiger partial charge in [-0.25, -0.2) is 0 Å². The van der Waals surface area contributed by atoms with Gasteiger partial charge in [0.2, 0.25) is 0 Å². The molecule has 0 unspecified atom stereocenters. The van der Waals surface area contributed by atoms with Crippen molar-refractivity contribution in [3.63, 3.8) is 0 Å². The second kappa shape index (κ2) is 5.71. The molecule has 3 heteroatoms. The Morgan fingerprint density at radius 2 is 2.06 bits per heavy atom. The van der Waals surface area contributed by atoms with Gasteiger partial charge in [-0.3, -0.25) is 0 Å². The minimum atomic E-state index is 0.790. The smallest absolute Gasteiger partial charge is 0.0891 e. The topological polar surface area (TPSA) is 48.4 Å². The number of aromatic nitrogens is 1. The van der Waals surface area contributed by atoms with Crippen LogP contribution in [0.15, 0.2) is 29.4 Å². The van der Waals surface area contributed by atoms with E-state index in [1.54, 1.807) is 0 Å². The number of aryl methyl sites for hydroxylation is 1. The largest absolute Gasteiger partial charge is 0.411 e. The molecule has 0 amide bonds. The zero-order chi connectivity index (χ0) is 13.0. The maximum atomic E-state index is 9.26. The minimum Gasteiger partial charge on any atom is -0.411 e. The fraction of sp³-hybridized carbons (Fsp3) is 0.400. The Labute approximate surface area is 108 Å². The zero-order valence-corrected chi connectivity index (χ0v) is 11.0. The van der Waals surface area contributed by atoms with Gasteiger partial charge < -0.3 is 10.2 Å². The molecule has 0 aliphatic heterocycles. The fourth-order valence-electron chi connectivity index (χ4n) is 2.42. The summed E-state index contributed by atoms with van der Waals surface area (Å²) in [6.45, 7) is 4.20. The van der Waals surface area contributed by atoms with Crippen molar-refractivity contribution >= 4 is 16.6 Å². The lowest BCUT2D eigenvalue weighted by atomic mass is 10.0. The molecule has 0 aliphatic rings. The highest BCUT2D eigenvalue weighted by molar-refractivity contribution is 6.11. The molecule has 0 spiro atoms. The zero-order valence-electron chi connectivity index (χ0n) is 11.0. The summed E-state index contributed by atoms with van der Waals surface area (Å²) in [5.41, 5.74) is 4.02. The monoisotopic (exact) mass is 244 g/mol. The van der Waals surface area contributed by atoms with Gasteiger partial charge in [0.25, 0.3) is 0 Å². The Hall–Kier alpha value is -1.77. The van der Waals surface area contributed by atoms with Crippen molar-refractivity contribution in [1.82, 2.24) is 4.98 Å². The third kappa shape index (κ3) is 2.40. The van der Waals surface area contributed by atoms with Gasteiger partial charge in [0.15, 0.2) is 0 Å². The molecule has 3 nitrogen and oxygen atoms in total. The Kier molecular flexibility index (Phi) is 4.03. The fourth-order valence-corrected chi connectivity index (χ4v) is 2.42. The number of benzene rings is 1. The normalized spacial score (nSPS) is 12.2. The standard InChI is InChI=1S/C15H20N2O/c1-3-4-5-10-14(17-18)15-11(2)16-13-9-7-6-8-12(13)15/h6-9,16,18H,3-5,10H2,1-2H3/b17-14+. The summed E-state index contributed by atoms with van der Waals surface area (Å²) < 4.78 is 0. The SMILES string of the molecule is CCCCC/C(=N\O)c1c(C)[nH]c2ccccc12. The van der Waals surface area contributed by atoms with Gasteiger partial charge in [0.1, 0.15) is 0 Å². The van der Waals surface area contributed by atoms with Gasteiger partial charge >= 0.3 is 0 Å². The third-order valence-electron chi connectivity index (χ3n) is 3.32. The van der Waals surface area contributed by atoms with Crippen LogP contribution < -0.4 is 0 Å². The minimum absolute atomic E-state index is 0.790. The number of oxime groups is 1.